The molecule has 0 saturated heterocycles. The lowest BCUT2D eigenvalue weighted by molar-refractivity contribution is -0.119. The van der Waals surface area contributed by atoms with Crippen molar-refractivity contribution in [2.75, 3.05) is 18.0 Å². The standard InChI is InChI=1S/C22H25N5O2/c1-15-11-19(17(3)27(15)21-12-16(2)29-25-21)13-23-24-22(28)14-26-10-6-8-18-7-4-5-9-20(18)26/h4-5,7,9,11-13H,6,8,10,14H2,1-3H3,(H,24,28)/b23-13-. The maximum absolute atomic E-state index is 12.4. The average molecular weight is 391 g/mol. The number of hydrogen-bond acceptors (Lipinski definition) is 5. The Labute approximate surface area is 170 Å². The molecular formula is C22H25N5O2. The van der Waals surface area contributed by atoms with Crippen molar-refractivity contribution in [2.24, 2.45) is 5.10 Å². The smallest absolute Gasteiger partial charge is 0.259 e. The highest BCUT2D eigenvalue weighted by Gasteiger charge is 2.18. The molecule has 1 aromatic carbocycles. The van der Waals surface area contributed by atoms with Crippen molar-refractivity contribution in [1.82, 2.24) is 15.1 Å². The number of fused-ring (bicyclic) bond motifs is 1. The van der Waals surface area contributed by atoms with Gasteiger partial charge in [0.15, 0.2) is 5.82 Å². The minimum absolute atomic E-state index is 0.126. The van der Waals surface area contributed by atoms with Gasteiger partial charge >= 0.3 is 0 Å². The summed E-state index contributed by atoms with van der Waals surface area (Å²) in [6.45, 7) is 7.03. The third kappa shape index (κ3) is 3.94. The fourth-order valence-corrected chi connectivity index (χ4v) is 3.89. The van der Waals surface area contributed by atoms with Crippen molar-refractivity contribution in [1.29, 1.82) is 0 Å². The molecule has 0 bridgehead atoms. The van der Waals surface area contributed by atoms with Crippen LogP contribution in [0.15, 0.2) is 46.0 Å². The molecule has 0 spiro atoms. The highest BCUT2D eigenvalue weighted by atomic mass is 16.5. The minimum atomic E-state index is -0.126. The predicted molar refractivity (Wildman–Crippen MR) is 113 cm³/mol. The number of aryl methyl sites for hydroxylation is 3. The van der Waals surface area contributed by atoms with Crippen LogP contribution in [-0.2, 0) is 11.2 Å². The van der Waals surface area contributed by atoms with Gasteiger partial charge in [0.05, 0.1) is 12.8 Å². The number of amides is 1. The quantitative estimate of drug-likeness (QED) is 0.535. The van der Waals surface area contributed by atoms with Gasteiger partial charge in [-0.05, 0) is 51.3 Å². The predicted octanol–water partition coefficient (Wildman–Crippen LogP) is 3.29. The van der Waals surface area contributed by atoms with E-state index in [1.807, 2.05) is 49.6 Å². The summed E-state index contributed by atoms with van der Waals surface area (Å²) in [5, 5.41) is 8.25. The van der Waals surface area contributed by atoms with Crippen molar-refractivity contribution in [3.05, 3.63) is 64.7 Å². The maximum Gasteiger partial charge on any atom is 0.259 e. The van der Waals surface area contributed by atoms with Crippen LogP contribution in [0, 0.1) is 20.8 Å². The van der Waals surface area contributed by atoms with E-state index < -0.39 is 0 Å². The van der Waals surface area contributed by atoms with Crippen LogP contribution in [0.5, 0.6) is 0 Å². The molecule has 0 saturated carbocycles. The zero-order chi connectivity index (χ0) is 20.4. The van der Waals surface area contributed by atoms with Gasteiger partial charge in [0.1, 0.15) is 5.76 Å². The van der Waals surface area contributed by atoms with E-state index in [1.54, 1.807) is 6.21 Å². The van der Waals surface area contributed by atoms with Gasteiger partial charge in [0.25, 0.3) is 5.91 Å². The van der Waals surface area contributed by atoms with Gasteiger partial charge in [-0.15, -0.1) is 0 Å². The number of hydrazone groups is 1. The second kappa shape index (κ2) is 7.95. The van der Waals surface area contributed by atoms with Gasteiger partial charge in [0, 0.05) is 35.2 Å². The zero-order valence-electron chi connectivity index (χ0n) is 17.0. The summed E-state index contributed by atoms with van der Waals surface area (Å²) in [5.41, 5.74) is 8.02. The molecule has 0 radical (unpaired) electrons. The number of nitrogens with one attached hydrogen (secondary N) is 1. The molecule has 1 N–H and O–H groups in total. The third-order valence-electron chi connectivity index (χ3n) is 5.25. The summed E-state index contributed by atoms with van der Waals surface area (Å²) in [7, 11) is 0. The fourth-order valence-electron chi connectivity index (χ4n) is 3.89. The van der Waals surface area contributed by atoms with E-state index in [-0.39, 0.29) is 5.91 Å². The number of benzene rings is 1. The summed E-state index contributed by atoms with van der Waals surface area (Å²) in [6, 6.07) is 12.2. The Morgan fingerprint density at radius 2 is 2.10 bits per heavy atom. The first-order valence-electron chi connectivity index (χ1n) is 9.80. The first-order valence-corrected chi connectivity index (χ1v) is 9.80. The van der Waals surface area contributed by atoms with E-state index in [2.05, 4.69) is 32.7 Å². The molecule has 4 rings (SSSR count). The van der Waals surface area contributed by atoms with Crippen molar-refractivity contribution in [3.8, 4) is 5.82 Å². The first kappa shape index (κ1) is 19.0. The second-order valence-corrected chi connectivity index (χ2v) is 7.40. The lowest BCUT2D eigenvalue weighted by Gasteiger charge is -2.30. The summed E-state index contributed by atoms with van der Waals surface area (Å²) in [6.07, 6.45) is 3.79. The number of nitrogens with zero attached hydrogens (tertiary/aromatic N) is 4. The zero-order valence-corrected chi connectivity index (χ0v) is 17.0. The Morgan fingerprint density at radius 3 is 2.90 bits per heavy atom. The molecule has 1 aliphatic rings. The summed E-state index contributed by atoms with van der Waals surface area (Å²) in [4.78, 5) is 14.5. The summed E-state index contributed by atoms with van der Waals surface area (Å²) >= 11 is 0. The number of carbonyl (C=O) groups is 1. The van der Waals surface area contributed by atoms with Gasteiger partial charge in [0.2, 0.25) is 0 Å². The van der Waals surface area contributed by atoms with Crippen LogP contribution in [-0.4, -0.2) is 34.9 Å². The van der Waals surface area contributed by atoms with E-state index in [9.17, 15) is 4.79 Å². The highest BCUT2D eigenvalue weighted by Crippen LogP contribution is 2.26. The Balaban J connectivity index is 1.42. The van der Waals surface area contributed by atoms with Crippen molar-refractivity contribution >= 4 is 17.8 Å². The van der Waals surface area contributed by atoms with E-state index >= 15 is 0 Å². The molecule has 7 nitrogen and oxygen atoms in total. The molecule has 0 aliphatic carbocycles. The van der Waals surface area contributed by atoms with Gasteiger partial charge in [-0.2, -0.15) is 5.10 Å². The third-order valence-corrected chi connectivity index (χ3v) is 5.25. The first-order chi connectivity index (χ1) is 14.0. The molecule has 150 valence electrons. The Morgan fingerprint density at radius 1 is 1.28 bits per heavy atom. The SMILES string of the molecule is Cc1cc(-n2c(C)cc(/C=N\NC(=O)CN3CCCc4ccccc43)c2C)no1. The molecule has 0 unspecified atom stereocenters. The molecule has 29 heavy (non-hydrogen) atoms. The van der Waals surface area contributed by atoms with Crippen molar-refractivity contribution in [3.63, 3.8) is 0 Å². The fraction of sp³-hybridized carbons (Fsp3) is 0.318. The molecule has 3 heterocycles. The van der Waals surface area contributed by atoms with E-state index in [0.717, 1.165) is 53.6 Å². The molecule has 0 atom stereocenters. The van der Waals surface area contributed by atoms with Crippen LogP contribution in [0.1, 0.15) is 34.7 Å². The maximum atomic E-state index is 12.4. The van der Waals surface area contributed by atoms with E-state index in [1.165, 1.54) is 5.56 Å². The largest absolute Gasteiger partial charge is 0.362 e. The number of hydrogen-bond donors (Lipinski definition) is 1. The van der Waals surface area contributed by atoms with E-state index in [0.29, 0.717) is 6.54 Å². The number of para-hydroxylation sites is 1. The van der Waals surface area contributed by atoms with Crippen LogP contribution in [0.3, 0.4) is 0 Å². The Bertz CT molecular complexity index is 1060. The van der Waals surface area contributed by atoms with Crippen LogP contribution < -0.4 is 10.3 Å². The molecule has 2 aromatic heterocycles. The highest BCUT2D eigenvalue weighted by molar-refractivity contribution is 5.86. The van der Waals surface area contributed by atoms with Crippen LogP contribution in [0.25, 0.3) is 5.82 Å². The second-order valence-electron chi connectivity index (χ2n) is 7.40. The van der Waals surface area contributed by atoms with Crippen molar-refractivity contribution in [2.45, 2.75) is 33.6 Å². The number of rotatable bonds is 5. The van der Waals surface area contributed by atoms with Crippen LogP contribution in [0.4, 0.5) is 5.69 Å². The summed E-state index contributed by atoms with van der Waals surface area (Å²) in [5.74, 6) is 1.37. The number of aromatic nitrogens is 2. The topological polar surface area (TPSA) is 75.7 Å². The Kier molecular flexibility index (Phi) is 5.20. The average Bonchev–Trinajstić information content (AvgIpc) is 3.24. The monoisotopic (exact) mass is 391 g/mol. The lowest BCUT2D eigenvalue weighted by Crippen LogP contribution is -2.38. The van der Waals surface area contributed by atoms with Gasteiger partial charge in [-0.1, -0.05) is 23.4 Å². The molecule has 0 fully saturated rings. The van der Waals surface area contributed by atoms with Crippen molar-refractivity contribution < 1.29 is 9.32 Å². The van der Waals surface area contributed by atoms with Gasteiger partial charge in [-0.25, -0.2) is 5.43 Å². The lowest BCUT2D eigenvalue weighted by atomic mass is 10.0. The molecule has 3 aromatic rings. The number of anilines is 1. The summed E-state index contributed by atoms with van der Waals surface area (Å²) < 4.78 is 7.19. The molecule has 1 amide bonds. The number of carbonyl (C=O) groups excluding carboxylic acids is 1. The Hall–Kier alpha value is -3.35. The molecule has 1 aliphatic heterocycles. The van der Waals surface area contributed by atoms with E-state index in [4.69, 9.17) is 4.52 Å². The minimum Gasteiger partial charge on any atom is -0.362 e. The molecule has 7 heteroatoms. The molecular weight excluding hydrogens is 366 g/mol. The van der Waals surface area contributed by atoms with Gasteiger partial charge in [-0.3, -0.25) is 9.36 Å². The van der Waals surface area contributed by atoms with Crippen LogP contribution >= 0.6 is 0 Å². The normalized spacial score (nSPS) is 13.7. The van der Waals surface area contributed by atoms with Gasteiger partial charge < -0.3 is 9.42 Å². The van der Waals surface area contributed by atoms with Crippen LogP contribution in [0.2, 0.25) is 0 Å².